The maximum atomic E-state index is 12.9. The fourth-order valence-electron chi connectivity index (χ4n) is 2.44. The van der Waals surface area contributed by atoms with Crippen LogP contribution in [0.25, 0.3) is 17.0 Å². The van der Waals surface area contributed by atoms with E-state index in [-0.39, 0.29) is 5.82 Å². The van der Waals surface area contributed by atoms with Crippen molar-refractivity contribution >= 4 is 22.8 Å². The Labute approximate surface area is 141 Å². The molecule has 3 heterocycles. The first-order valence-corrected chi connectivity index (χ1v) is 8.47. The third kappa shape index (κ3) is 2.98. The Kier molecular flexibility index (Phi) is 3.92. The van der Waals surface area contributed by atoms with E-state index in [4.69, 9.17) is 0 Å². The zero-order chi connectivity index (χ0) is 16.4. The van der Waals surface area contributed by atoms with Crippen LogP contribution in [-0.4, -0.2) is 26.4 Å². The average molecular weight is 339 g/mol. The number of anilines is 1. The van der Waals surface area contributed by atoms with Gasteiger partial charge in [0.1, 0.15) is 11.6 Å². The first-order valence-electron chi connectivity index (χ1n) is 7.53. The summed E-state index contributed by atoms with van der Waals surface area (Å²) in [7, 11) is 0. The smallest absolute Gasteiger partial charge is 0.186 e. The van der Waals surface area contributed by atoms with Gasteiger partial charge in [0.05, 0.1) is 0 Å². The van der Waals surface area contributed by atoms with Gasteiger partial charge in [-0.1, -0.05) is 12.1 Å². The molecule has 3 aromatic heterocycles. The Balaban J connectivity index is 1.50. The molecule has 0 aliphatic rings. The number of hydrogen-bond donors (Lipinski definition) is 1. The van der Waals surface area contributed by atoms with Gasteiger partial charge in [0.25, 0.3) is 0 Å². The van der Waals surface area contributed by atoms with Crippen molar-refractivity contribution in [2.45, 2.75) is 6.42 Å². The maximum Gasteiger partial charge on any atom is 0.186 e. The van der Waals surface area contributed by atoms with E-state index in [1.54, 1.807) is 28.0 Å². The Hall–Kier alpha value is -2.80. The van der Waals surface area contributed by atoms with E-state index in [0.29, 0.717) is 12.2 Å². The first-order chi connectivity index (χ1) is 11.8. The summed E-state index contributed by atoms with van der Waals surface area (Å²) in [5, 5.41) is 20.2. The molecule has 4 rings (SSSR count). The lowest BCUT2D eigenvalue weighted by Gasteiger charge is -2.06. The van der Waals surface area contributed by atoms with Gasteiger partial charge >= 0.3 is 0 Å². The monoisotopic (exact) mass is 339 g/mol. The molecular formula is C17H14FN5S. The van der Waals surface area contributed by atoms with Crippen molar-refractivity contribution in [2.24, 2.45) is 0 Å². The minimum absolute atomic E-state index is 0.215. The zero-order valence-electron chi connectivity index (χ0n) is 12.7. The van der Waals surface area contributed by atoms with Gasteiger partial charge < -0.3 is 5.32 Å². The van der Waals surface area contributed by atoms with E-state index in [1.807, 2.05) is 29.0 Å². The number of benzene rings is 1. The normalized spacial score (nSPS) is 11.0. The highest BCUT2D eigenvalue weighted by Crippen LogP contribution is 2.20. The average Bonchev–Trinajstić information content (AvgIpc) is 3.25. The molecule has 0 amide bonds. The van der Waals surface area contributed by atoms with Gasteiger partial charge in [-0.25, -0.2) is 4.39 Å². The molecule has 0 saturated heterocycles. The number of nitrogens with one attached hydrogen (secondary N) is 1. The van der Waals surface area contributed by atoms with Crippen LogP contribution in [0.3, 0.4) is 0 Å². The topological polar surface area (TPSA) is 55.1 Å². The highest BCUT2D eigenvalue weighted by molar-refractivity contribution is 7.08. The zero-order valence-corrected chi connectivity index (χ0v) is 13.5. The standard InChI is InChI=1S/C17H14FN5S/c18-14-3-1-12(2-4-14)7-9-19-15-5-6-16-20-21-17(23(16)22-15)13-8-10-24-11-13/h1-6,8,10-11H,7,9H2,(H,19,22). The first kappa shape index (κ1) is 14.8. The summed E-state index contributed by atoms with van der Waals surface area (Å²) < 4.78 is 14.6. The number of halogens is 1. The minimum Gasteiger partial charge on any atom is -0.368 e. The summed E-state index contributed by atoms with van der Waals surface area (Å²) in [6, 6.07) is 12.3. The Morgan fingerprint density at radius 3 is 2.71 bits per heavy atom. The molecule has 120 valence electrons. The van der Waals surface area contributed by atoms with Crippen LogP contribution < -0.4 is 5.32 Å². The van der Waals surface area contributed by atoms with Crippen LogP contribution in [0, 0.1) is 5.82 Å². The van der Waals surface area contributed by atoms with Crippen molar-refractivity contribution in [3.8, 4) is 11.4 Å². The molecule has 0 saturated carbocycles. The van der Waals surface area contributed by atoms with Gasteiger partial charge in [-0.3, -0.25) is 0 Å². The van der Waals surface area contributed by atoms with E-state index < -0.39 is 0 Å². The minimum atomic E-state index is -0.215. The van der Waals surface area contributed by atoms with E-state index in [9.17, 15) is 4.39 Å². The van der Waals surface area contributed by atoms with Crippen LogP contribution in [-0.2, 0) is 6.42 Å². The van der Waals surface area contributed by atoms with Gasteiger partial charge in [-0.15, -0.1) is 15.3 Å². The third-order valence-electron chi connectivity index (χ3n) is 3.68. The van der Waals surface area contributed by atoms with Gasteiger partial charge in [0, 0.05) is 17.5 Å². The molecule has 0 radical (unpaired) electrons. The second-order valence-electron chi connectivity index (χ2n) is 5.33. The van der Waals surface area contributed by atoms with Gasteiger partial charge in [-0.05, 0) is 47.7 Å². The van der Waals surface area contributed by atoms with Crippen LogP contribution in [0.4, 0.5) is 10.2 Å². The van der Waals surface area contributed by atoms with Gasteiger partial charge in [0.2, 0.25) is 0 Å². The number of thiophene rings is 1. The van der Waals surface area contributed by atoms with Crippen molar-refractivity contribution in [3.05, 3.63) is 64.6 Å². The van der Waals surface area contributed by atoms with Crippen molar-refractivity contribution < 1.29 is 4.39 Å². The predicted octanol–water partition coefficient (Wildman–Crippen LogP) is 3.65. The highest BCUT2D eigenvalue weighted by Gasteiger charge is 2.10. The lowest BCUT2D eigenvalue weighted by Crippen LogP contribution is -2.08. The Morgan fingerprint density at radius 2 is 1.92 bits per heavy atom. The molecular weight excluding hydrogens is 325 g/mol. The van der Waals surface area contributed by atoms with Crippen LogP contribution in [0.15, 0.2) is 53.2 Å². The van der Waals surface area contributed by atoms with Crippen molar-refractivity contribution in [2.75, 3.05) is 11.9 Å². The number of hydrogen-bond acceptors (Lipinski definition) is 5. The van der Waals surface area contributed by atoms with E-state index in [1.165, 1.54) is 12.1 Å². The van der Waals surface area contributed by atoms with Crippen LogP contribution in [0.1, 0.15) is 5.56 Å². The lowest BCUT2D eigenvalue weighted by molar-refractivity contribution is 0.627. The summed E-state index contributed by atoms with van der Waals surface area (Å²) in [5.41, 5.74) is 2.79. The maximum absolute atomic E-state index is 12.9. The number of nitrogens with zero attached hydrogens (tertiary/aromatic N) is 4. The second kappa shape index (κ2) is 6.37. The fourth-order valence-corrected chi connectivity index (χ4v) is 3.08. The molecule has 24 heavy (non-hydrogen) atoms. The molecule has 5 nitrogen and oxygen atoms in total. The molecule has 0 aliphatic heterocycles. The van der Waals surface area contributed by atoms with Crippen LogP contribution in [0.5, 0.6) is 0 Å². The molecule has 0 spiro atoms. The summed E-state index contributed by atoms with van der Waals surface area (Å²) in [6.07, 6.45) is 0.791. The van der Waals surface area contributed by atoms with Crippen LogP contribution >= 0.6 is 11.3 Å². The van der Waals surface area contributed by atoms with E-state index in [2.05, 4.69) is 20.6 Å². The molecule has 0 atom stereocenters. The molecule has 4 aromatic rings. The van der Waals surface area contributed by atoms with E-state index in [0.717, 1.165) is 29.2 Å². The fraction of sp³-hybridized carbons (Fsp3) is 0.118. The molecule has 0 fully saturated rings. The number of fused-ring (bicyclic) bond motifs is 1. The summed E-state index contributed by atoms with van der Waals surface area (Å²) in [5.74, 6) is 1.27. The number of aromatic nitrogens is 4. The van der Waals surface area contributed by atoms with Gasteiger partial charge in [0.15, 0.2) is 11.5 Å². The summed E-state index contributed by atoms with van der Waals surface area (Å²) in [4.78, 5) is 0. The molecule has 0 unspecified atom stereocenters. The molecule has 7 heteroatoms. The van der Waals surface area contributed by atoms with Gasteiger partial charge in [-0.2, -0.15) is 15.9 Å². The predicted molar refractivity (Wildman–Crippen MR) is 92.7 cm³/mol. The number of rotatable bonds is 5. The quantitative estimate of drug-likeness (QED) is 0.603. The molecule has 0 aliphatic carbocycles. The Bertz CT molecular complexity index is 947. The Morgan fingerprint density at radius 1 is 1.04 bits per heavy atom. The van der Waals surface area contributed by atoms with Crippen molar-refractivity contribution in [3.63, 3.8) is 0 Å². The van der Waals surface area contributed by atoms with Crippen molar-refractivity contribution in [1.29, 1.82) is 0 Å². The largest absolute Gasteiger partial charge is 0.368 e. The molecule has 0 bridgehead atoms. The lowest BCUT2D eigenvalue weighted by atomic mass is 10.1. The van der Waals surface area contributed by atoms with Crippen molar-refractivity contribution in [1.82, 2.24) is 19.8 Å². The SMILES string of the molecule is Fc1ccc(CCNc2ccc3nnc(-c4ccsc4)n3n2)cc1. The molecule has 1 aromatic carbocycles. The molecule has 1 N–H and O–H groups in total. The summed E-state index contributed by atoms with van der Waals surface area (Å²) in [6.45, 7) is 0.708. The second-order valence-corrected chi connectivity index (χ2v) is 6.11. The summed E-state index contributed by atoms with van der Waals surface area (Å²) >= 11 is 1.61. The third-order valence-corrected chi connectivity index (χ3v) is 4.36. The van der Waals surface area contributed by atoms with Crippen LogP contribution in [0.2, 0.25) is 0 Å². The van der Waals surface area contributed by atoms with E-state index >= 15 is 0 Å². The highest BCUT2D eigenvalue weighted by atomic mass is 32.1.